The lowest BCUT2D eigenvalue weighted by molar-refractivity contribution is 0.0565. The summed E-state index contributed by atoms with van der Waals surface area (Å²) in [7, 11) is 0. The number of nitrogens with zero attached hydrogens (tertiary/aromatic N) is 1. The largest absolute Gasteiger partial charge is 0.396 e. The van der Waals surface area contributed by atoms with Crippen molar-refractivity contribution < 1.29 is 10.2 Å². The number of β-amino-alcohol motifs (C(OH)–C–C–N with tert-alkyl or cyclic N) is 1. The summed E-state index contributed by atoms with van der Waals surface area (Å²) in [6.07, 6.45) is 5.04. The Bertz CT molecular complexity index is 428. The first-order valence-corrected chi connectivity index (χ1v) is 8.72. The number of likely N-dealkylation sites (tertiary alicyclic amines) is 1. The highest BCUT2D eigenvalue weighted by atomic mass is 16.3. The number of aliphatic hydroxyl groups excluding tert-OH is 2. The van der Waals surface area contributed by atoms with Crippen LogP contribution >= 0.6 is 0 Å². The van der Waals surface area contributed by atoms with Crippen LogP contribution in [-0.4, -0.2) is 40.9 Å². The molecule has 2 unspecified atom stereocenters. The number of benzene rings is 1. The fraction of sp³-hybridized carbons (Fsp3) is 0.684. The molecular formula is C19H31NO2. The molecular weight excluding hydrogens is 274 g/mol. The van der Waals surface area contributed by atoms with Crippen LogP contribution in [0.3, 0.4) is 0 Å². The average Bonchev–Trinajstić information content (AvgIpc) is 2.49. The van der Waals surface area contributed by atoms with Crippen LogP contribution in [0.2, 0.25) is 0 Å². The minimum atomic E-state index is -0.438. The van der Waals surface area contributed by atoms with Crippen molar-refractivity contribution in [2.24, 2.45) is 5.92 Å². The molecule has 0 bridgehead atoms. The Labute approximate surface area is 135 Å². The van der Waals surface area contributed by atoms with Gasteiger partial charge < -0.3 is 10.2 Å². The van der Waals surface area contributed by atoms with Crippen LogP contribution < -0.4 is 0 Å². The standard InChI is InChI=1S/C19H31NO2/c1-15(2)13-16-6-8-17(9-7-16)19(22)14-20-11-4-3-5-18(20)10-12-21/h6-9,15,18-19,21-22H,3-5,10-14H2,1-2H3. The topological polar surface area (TPSA) is 43.7 Å². The Balaban J connectivity index is 1.94. The van der Waals surface area contributed by atoms with Crippen molar-refractivity contribution in [3.63, 3.8) is 0 Å². The normalized spacial score (nSPS) is 21.2. The minimum Gasteiger partial charge on any atom is -0.396 e. The van der Waals surface area contributed by atoms with Gasteiger partial charge in [0.2, 0.25) is 0 Å². The van der Waals surface area contributed by atoms with Gasteiger partial charge in [0.05, 0.1) is 6.10 Å². The first kappa shape index (κ1) is 17.5. The van der Waals surface area contributed by atoms with E-state index in [1.54, 1.807) is 0 Å². The Morgan fingerprint density at radius 2 is 1.91 bits per heavy atom. The summed E-state index contributed by atoms with van der Waals surface area (Å²) in [5, 5.41) is 19.7. The Morgan fingerprint density at radius 1 is 1.18 bits per heavy atom. The zero-order chi connectivity index (χ0) is 15.9. The van der Waals surface area contributed by atoms with Crippen molar-refractivity contribution in [2.45, 2.75) is 58.1 Å². The highest BCUT2D eigenvalue weighted by Crippen LogP contribution is 2.23. The summed E-state index contributed by atoms with van der Waals surface area (Å²) in [5.41, 5.74) is 2.34. The molecule has 0 aromatic heterocycles. The number of aliphatic hydroxyl groups is 2. The van der Waals surface area contributed by atoms with E-state index < -0.39 is 6.10 Å². The molecule has 2 atom stereocenters. The molecule has 0 aliphatic carbocycles. The molecule has 22 heavy (non-hydrogen) atoms. The van der Waals surface area contributed by atoms with Crippen molar-refractivity contribution in [3.8, 4) is 0 Å². The van der Waals surface area contributed by atoms with Gasteiger partial charge in [-0.1, -0.05) is 44.5 Å². The van der Waals surface area contributed by atoms with Crippen LogP contribution in [-0.2, 0) is 6.42 Å². The minimum absolute atomic E-state index is 0.237. The van der Waals surface area contributed by atoms with Gasteiger partial charge in [0.15, 0.2) is 0 Å². The van der Waals surface area contributed by atoms with Gasteiger partial charge in [-0.15, -0.1) is 0 Å². The van der Waals surface area contributed by atoms with E-state index in [0.717, 1.165) is 31.4 Å². The maximum atomic E-state index is 10.5. The number of piperidine rings is 1. The third kappa shape index (κ3) is 5.08. The van der Waals surface area contributed by atoms with Crippen LogP contribution in [0.5, 0.6) is 0 Å². The van der Waals surface area contributed by atoms with Crippen molar-refractivity contribution in [3.05, 3.63) is 35.4 Å². The van der Waals surface area contributed by atoms with Gasteiger partial charge in [-0.05, 0) is 49.3 Å². The lowest BCUT2D eigenvalue weighted by Gasteiger charge is -2.36. The number of hydrogen-bond donors (Lipinski definition) is 2. The van der Waals surface area contributed by atoms with Crippen LogP contribution in [0.1, 0.15) is 56.8 Å². The summed E-state index contributed by atoms with van der Waals surface area (Å²) in [6, 6.07) is 8.83. The molecule has 2 rings (SSSR count). The molecule has 2 N–H and O–H groups in total. The van der Waals surface area contributed by atoms with Gasteiger partial charge in [-0.25, -0.2) is 0 Å². The van der Waals surface area contributed by atoms with E-state index in [2.05, 4.69) is 43.0 Å². The summed E-state index contributed by atoms with van der Waals surface area (Å²) in [5.74, 6) is 0.656. The van der Waals surface area contributed by atoms with E-state index in [9.17, 15) is 10.2 Å². The lowest BCUT2D eigenvalue weighted by Crippen LogP contribution is -2.42. The highest BCUT2D eigenvalue weighted by Gasteiger charge is 2.24. The molecule has 1 fully saturated rings. The zero-order valence-electron chi connectivity index (χ0n) is 14.0. The van der Waals surface area contributed by atoms with Crippen molar-refractivity contribution >= 4 is 0 Å². The van der Waals surface area contributed by atoms with Gasteiger partial charge in [-0.3, -0.25) is 4.90 Å². The van der Waals surface area contributed by atoms with Gasteiger partial charge in [0, 0.05) is 19.2 Å². The van der Waals surface area contributed by atoms with Gasteiger partial charge in [0.25, 0.3) is 0 Å². The van der Waals surface area contributed by atoms with Crippen LogP contribution in [0.4, 0.5) is 0 Å². The monoisotopic (exact) mass is 305 g/mol. The summed E-state index contributed by atoms with van der Waals surface area (Å²) in [6.45, 7) is 6.39. The van der Waals surface area contributed by atoms with E-state index in [4.69, 9.17) is 0 Å². The Kier molecular flexibility index (Phi) is 6.87. The molecule has 3 nitrogen and oxygen atoms in total. The molecule has 3 heteroatoms. The van der Waals surface area contributed by atoms with Gasteiger partial charge >= 0.3 is 0 Å². The summed E-state index contributed by atoms with van der Waals surface area (Å²) < 4.78 is 0. The molecule has 0 amide bonds. The van der Waals surface area contributed by atoms with Crippen molar-refractivity contribution in [1.82, 2.24) is 4.90 Å². The fourth-order valence-corrected chi connectivity index (χ4v) is 3.45. The van der Waals surface area contributed by atoms with Crippen LogP contribution in [0, 0.1) is 5.92 Å². The van der Waals surface area contributed by atoms with E-state index in [0.29, 0.717) is 18.5 Å². The molecule has 0 saturated carbocycles. The average molecular weight is 305 g/mol. The van der Waals surface area contributed by atoms with Gasteiger partial charge in [-0.2, -0.15) is 0 Å². The number of hydrogen-bond acceptors (Lipinski definition) is 3. The predicted octanol–water partition coefficient (Wildman–Crippen LogP) is 3.16. The molecule has 1 aromatic rings. The second-order valence-electron chi connectivity index (χ2n) is 7.01. The molecule has 1 aliphatic heterocycles. The summed E-state index contributed by atoms with van der Waals surface area (Å²) in [4.78, 5) is 2.35. The van der Waals surface area contributed by atoms with Crippen LogP contribution in [0.25, 0.3) is 0 Å². The second-order valence-corrected chi connectivity index (χ2v) is 7.01. The van der Waals surface area contributed by atoms with E-state index in [1.807, 2.05) is 0 Å². The van der Waals surface area contributed by atoms with Crippen LogP contribution in [0.15, 0.2) is 24.3 Å². The first-order chi connectivity index (χ1) is 10.6. The molecule has 0 radical (unpaired) electrons. The predicted molar refractivity (Wildman–Crippen MR) is 90.9 cm³/mol. The quantitative estimate of drug-likeness (QED) is 0.813. The molecule has 0 spiro atoms. The van der Waals surface area contributed by atoms with Crippen molar-refractivity contribution in [2.75, 3.05) is 19.7 Å². The maximum absolute atomic E-state index is 10.5. The molecule has 1 aliphatic rings. The lowest BCUT2D eigenvalue weighted by atomic mass is 9.97. The third-order valence-corrected chi connectivity index (χ3v) is 4.63. The van der Waals surface area contributed by atoms with E-state index >= 15 is 0 Å². The van der Waals surface area contributed by atoms with E-state index in [-0.39, 0.29) is 6.61 Å². The number of rotatable bonds is 7. The maximum Gasteiger partial charge on any atom is 0.0917 e. The SMILES string of the molecule is CC(C)Cc1ccc(C(O)CN2CCCCC2CCO)cc1. The molecule has 124 valence electrons. The molecule has 1 aromatic carbocycles. The fourth-order valence-electron chi connectivity index (χ4n) is 3.45. The van der Waals surface area contributed by atoms with Gasteiger partial charge in [0.1, 0.15) is 0 Å². The van der Waals surface area contributed by atoms with Crippen molar-refractivity contribution in [1.29, 1.82) is 0 Å². The second kappa shape index (κ2) is 8.66. The first-order valence-electron chi connectivity index (χ1n) is 8.72. The molecule has 1 heterocycles. The summed E-state index contributed by atoms with van der Waals surface area (Å²) >= 11 is 0. The third-order valence-electron chi connectivity index (χ3n) is 4.63. The Hall–Kier alpha value is -0.900. The Morgan fingerprint density at radius 3 is 2.55 bits per heavy atom. The van der Waals surface area contributed by atoms with E-state index in [1.165, 1.54) is 18.4 Å². The molecule has 1 saturated heterocycles. The highest BCUT2D eigenvalue weighted by molar-refractivity contribution is 5.24. The zero-order valence-corrected chi connectivity index (χ0v) is 14.0. The smallest absolute Gasteiger partial charge is 0.0917 e.